The van der Waals surface area contributed by atoms with Gasteiger partial charge in [0.25, 0.3) is 0 Å². The smallest absolute Gasteiger partial charge is 0.308 e. The van der Waals surface area contributed by atoms with Gasteiger partial charge in [-0.3, -0.25) is 9.59 Å². The molecule has 3 rings (SSSR count). The molecule has 112 valence electrons. The highest BCUT2D eigenvalue weighted by Crippen LogP contribution is 2.42. The minimum Gasteiger partial charge on any atom is -0.481 e. The highest BCUT2D eigenvalue weighted by Gasteiger charge is 2.52. The van der Waals surface area contributed by atoms with Crippen LogP contribution in [-0.4, -0.2) is 46.6 Å². The second kappa shape index (κ2) is 5.35. The molecule has 3 heterocycles. The van der Waals surface area contributed by atoms with Crippen molar-refractivity contribution < 1.29 is 14.7 Å². The highest BCUT2D eigenvalue weighted by atomic mass is 16.4. The van der Waals surface area contributed by atoms with Gasteiger partial charge in [-0.25, -0.2) is 0 Å². The van der Waals surface area contributed by atoms with E-state index in [1.54, 1.807) is 0 Å². The van der Waals surface area contributed by atoms with Gasteiger partial charge in [-0.2, -0.15) is 0 Å². The molecule has 0 aliphatic carbocycles. The Balaban J connectivity index is 1.70. The number of amides is 1. The summed E-state index contributed by atoms with van der Waals surface area (Å²) in [6.07, 6.45) is 5.65. The van der Waals surface area contributed by atoms with Crippen LogP contribution in [0.25, 0.3) is 0 Å². The lowest BCUT2D eigenvalue weighted by Gasteiger charge is -2.33. The molecule has 2 N–H and O–H groups in total. The summed E-state index contributed by atoms with van der Waals surface area (Å²) in [7, 11) is 0. The number of hydrogen-bond donors (Lipinski definition) is 2. The van der Waals surface area contributed by atoms with Crippen LogP contribution in [0.15, 0.2) is 0 Å². The quantitative estimate of drug-likeness (QED) is 0.816. The zero-order chi connectivity index (χ0) is 14.3. The number of carbonyl (C=O) groups is 2. The summed E-state index contributed by atoms with van der Waals surface area (Å²) in [5.74, 6) is -0.304. The van der Waals surface area contributed by atoms with Crippen LogP contribution in [0.2, 0.25) is 0 Å². The van der Waals surface area contributed by atoms with Gasteiger partial charge < -0.3 is 15.3 Å². The Morgan fingerprint density at radius 1 is 1.25 bits per heavy atom. The average molecular weight is 280 g/mol. The van der Waals surface area contributed by atoms with Crippen LogP contribution >= 0.6 is 0 Å². The van der Waals surface area contributed by atoms with Gasteiger partial charge in [-0.15, -0.1) is 0 Å². The number of carboxylic acid groups (broad SMARTS) is 1. The average Bonchev–Trinajstić information content (AvgIpc) is 3.04. The third kappa shape index (κ3) is 2.22. The van der Waals surface area contributed by atoms with Crippen LogP contribution in [0.3, 0.4) is 0 Å². The van der Waals surface area contributed by atoms with E-state index in [-0.39, 0.29) is 30.0 Å². The number of nitrogens with one attached hydrogen (secondary N) is 1. The van der Waals surface area contributed by atoms with Crippen LogP contribution in [0.5, 0.6) is 0 Å². The molecule has 0 saturated carbocycles. The Bertz CT molecular complexity index is 412. The van der Waals surface area contributed by atoms with E-state index < -0.39 is 5.97 Å². The van der Waals surface area contributed by atoms with Gasteiger partial charge in [0, 0.05) is 12.1 Å². The van der Waals surface area contributed by atoms with Crippen molar-refractivity contribution in [3.63, 3.8) is 0 Å². The van der Waals surface area contributed by atoms with E-state index in [2.05, 4.69) is 12.2 Å². The summed E-state index contributed by atoms with van der Waals surface area (Å²) in [5, 5.41) is 12.6. The number of piperidine rings is 1. The Morgan fingerprint density at radius 3 is 2.70 bits per heavy atom. The van der Waals surface area contributed by atoms with E-state index >= 15 is 0 Å². The van der Waals surface area contributed by atoms with E-state index in [4.69, 9.17) is 0 Å². The minimum atomic E-state index is -0.738. The summed E-state index contributed by atoms with van der Waals surface area (Å²) < 4.78 is 0. The van der Waals surface area contributed by atoms with Crippen molar-refractivity contribution in [2.75, 3.05) is 6.54 Å². The standard InChI is InChI=1S/C15H24N2O3/c1-2-9-5-6-16-12(7-9)14(18)17-10-3-4-13(17)11(8-10)15(19)20/h9-13,16H,2-8H2,1H3,(H,19,20). The van der Waals surface area contributed by atoms with Gasteiger partial charge >= 0.3 is 5.97 Å². The number of aliphatic carboxylic acids is 1. The van der Waals surface area contributed by atoms with E-state index in [9.17, 15) is 14.7 Å². The predicted octanol–water partition coefficient (Wildman–Crippen LogP) is 1.23. The fraction of sp³-hybridized carbons (Fsp3) is 0.867. The van der Waals surface area contributed by atoms with Gasteiger partial charge in [0.1, 0.15) is 0 Å². The maximum atomic E-state index is 12.8. The number of rotatable bonds is 3. The lowest BCUT2D eigenvalue weighted by atomic mass is 9.89. The zero-order valence-corrected chi connectivity index (χ0v) is 12.0. The molecule has 0 aromatic carbocycles. The molecule has 0 aromatic rings. The second-order valence-electron chi connectivity index (χ2n) is 6.53. The molecule has 0 radical (unpaired) electrons. The van der Waals surface area contributed by atoms with Crippen molar-refractivity contribution in [3.05, 3.63) is 0 Å². The highest BCUT2D eigenvalue weighted by molar-refractivity contribution is 5.85. The molecule has 1 amide bonds. The number of fused-ring (bicyclic) bond motifs is 2. The Hall–Kier alpha value is -1.10. The number of carboxylic acids is 1. The fourth-order valence-corrected chi connectivity index (χ4v) is 4.33. The van der Waals surface area contributed by atoms with Crippen LogP contribution in [0.4, 0.5) is 0 Å². The first kappa shape index (κ1) is 13.9. The lowest BCUT2D eigenvalue weighted by molar-refractivity contribution is -0.143. The predicted molar refractivity (Wildman–Crippen MR) is 74.2 cm³/mol. The summed E-state index contributed by atoms with van der Waals surface area (Å²) in [6.45, 7) is 3.08. The first-order chi connectivity index (χ1) is 9.61. The number of carbonyl (C=O) groups excluding carboxylic acids is 1. The summed E-state index contributed by atoms with van der Waals surface area (Å²) in [4.78, 5) is 26.0. The van der Waals surface area contributed by atoms with Crippen molar-refractivity contribution in [2.24, 2.45) is 11.8 Å². The Labute approximate surface area is 119 Å². The molecule has 3 fully saturated rings. The van der Waals surface area contributed by atoms with Crippen molar-refractivity contribution in [1.29, 1.82) is 0 Å². The van der Waals surface area contributed by atoms with Gasteiger partial charge in [-0.1, -0.05) is 13.3 Å². The summed E-state index contributed by atoms with van der Waals surface area (Å²) >= 11 is 0. The van der Waals surface area contributed by atoms with E-state index in [0.717, 1.165) is 38.6 Å². The molecule has 2 bridgehead atoms. The Morgan fingerprint density at radius 2 is 2.05 bits per heavy atom. The van der Waals surface area contributed by atoms with Gasteiger partial charge in [-0.05, 0) is 44.6 Å². The molecule has 3 saturated heterocycles. The van der Waals surface area contributed by atoms with E-state index in [1.165, 1.54) is 0 Å². The topological polar surface area (TPSA) is 69.6 Å². The van der Waals surface area contributed by atoms with Crippen LogP contribution < -0.4 is 5.32 Å². The van der Waals surface area contributed by atoms with Gasteiger partial charge in [0.2, 0.25) is 5.91 Å². The molecule has 0 aromatic heterocycles. The lowest BCUT2D eigenvalue weighted by Crippen LogP contribution is -2.52. The third-order valence-electron chi connectivity index (χ3n) is 5.50. The SMILES string of the molecule is CCC1CCNC(C(=O)N2C3CCC2C(C(=O)O)C3)C1. The second-order valence-corrected chi connectivity index (χ2v) is 6.53. The third-order valence-corrected chi connectivity index (χ3v) is 5.50. The van der Waals surface area contributed by atoms with Crippen molar-refractivity contribution >= 4 is 11.9 Å². The van der Waals surface area contributed by atoms with Gasteiger partial charge in [0.05, 0.1) is 12.0 Å². The largest absolute Gasteiger partial charge is 0.481 e. The first-order valence-corrected chi connectivity index (χ1v) is 7.90. The monoisotopic (exact) mass is 280 g/mol. The normalized spacial score (nSPS) is 40.0. The van der Waals surface area contributed by atoms with Gasteiger partial charge in [0.15, 0.2) is 0 Å². The summed E-state index contributed by atoms with van der Waals surface area (Å²) in [6, 6.07) is 0.00977. The first-order valence-electron chi connectivity index (χ1n) is 7.90. The summed E-state index contributed by atoms with van der Waals surface area (Å²) in [5.41, 5.74) is 0. The molecule has 20 heavy (non-hydrogen) atoms. The Kier molecular flexibility index (Phi) is 3.71. The maximum Gasteiger partial charge on any atom is 0.308 e. The molecule has 5 nitrogen and oxygen atoms in total. The number of nitrogens with zero attached hydrogens (tertiary/aromatic N) is 1. The minimum absolute atomic E-state index is 0.0613. The molecule has 3 aliphatic rings. The van der Waals surface area contributed by atoms with Crippen molar-refractivity contribution in [1.82, 2.24) is 10.2 Å². The number of hydrogen-bond acceptors (Lipinski definition) is 3. The van der Waals surface area contributed by atoms with Crippen LogP contribution in [-0.2, 0) is 9.59 Å². The molecule has 3 aliphatic heterocycles. The maximum absolute atomic E-state index is 12.8. The molecule has 5 atom stereocenters. The van der Waals surface area contributed by atoms with Crippen molar-refractivity contribution in [3.8, 4) is 0 Å². The molecule has 5 unspecified atom stereocenters. The van der Waals surface area contributed by atoms with E-state index in [1.807, 2.05) is 4.90 Å². The van der Waals surface area contributed by atoms with Crippen LogP contribution in [0.1, 0.15) is 45.4 Å². The fourth-order valence-electron chi connectivity index (χ4n) is 4.33. The molecule has 0 spiro atoms. The molecular formula is C15H24N2O3. The van der Waals surface area contributed by atoms with Crippen molar-refractivity contribution in [2.45, 2.75) is 63.6 Å². The molecule has 5 heteroatoms. The zero-order valence-electron chi connectivity index (χ0n) is 12.0. The van der Waals surface area contributed by atoms with Crippen LogP contribution in [0, 0.1) is 11.8 Å². The van der Waals surface area contributed by atoms with E-state index in [0.29, 0.717) is 12.3 Å². The molecular weight excluding hydrogens is 256 g/mol.